The molecule has 0 aliphatic carbocycles. The molecule has 0 aliphatic heterocycles. The molecular formula is C16H14N6O5. The third kappa shape index (κ3) is 3.81. The van der Waals surface area contributed by atoms with E-state index in [0.717, 1.165) is 12.3 Å². The summed E-state index contributed by atoms with van der Waals surface area (Å²) >= 11 is 0. The van der Waals surface area contributed by atoms with E-state index in [2.05, 4.69) is 20.8 Å². The molecule has 11 heteroatoms. The van der Waals surface area contributed by atoms with E-state index in [9.17, 15) is 20.0 Å². The van der Waals surface area contributed by atoms with Crippen LogP contribution in [0.4, 0.5) is 5.69 Å². The van der Waals surface area contributed by atoms with Crippen molar-refractivity contribution >= 4 is 28.8 Å². The summed E-state index contributed by atoms with van der Waals surface area (Å²) in [6, 6.07) is 9.60. The summed E-state index contributed by atoms with van der Waals surface area (Å²) in [4.78, 5) is 22.2. The van der Waals surface area contributed by atoms with Gasteiger partial charge >= 0.3 is 5.69 Å². The number of phenolic OH excluding ortho intramolecular Hbond substituents is 1. The number of amides is 1. The summed E-state index contributed by atoms with van der Waals surface area (Å²) < 4.78 is 6.37. The lowest BCUT2D eigenvalue weighted by Crippen LogP contribution is -2.23. The van der Waals surface area contributed by atoms with E-state index in [0.29, 0.717) is 11.0 Å². The molecule has 3 rings (SSSR count). The number of nitrogens with one attached hydrogen (secondary N) is 1. The maximum atomic E-state index is 12.0. The Kier molecular flexibility index (Phi) is 4.92. The molecule has 3 aromatic rings. The van der Waals surface area contributed by atoms with Crippen LogP contribution >= 0.6 is 0 Å². The molecule has 0 fully saturated rings. The van der Waals surface area contributed by atoms with Crippen molar-refractivity contribution < 1.29 is 19.6 Å². The smallest absolute Gasteiger partial charge is 0.315 e. The number of carbonyl (C=O) groups excluding carboxylic acids is 1. The SMILES string of the molecule is COc1cc(/C=N/NC(=O)Cn2nnc3ccccc32)c(O)c([N+](=O)[O-])c1. The van der Waals surface area contributed by atoms with Crippen molar-refractivity contribution in [1.82, 2.24) is 20.4 Å². The number of benzene rings is 2. The van der Waals surface area contributed by atoms with Crippen LogP contribution in [0, 0.1) is 10.1 Å². The minimum atomic E-state index is -0.746. The molecule has 0 atom stereocenters. The molecule has 11 nitrogen and oxygen atoms in total. The Morgan fingerprint density at radius 3 is 2.96 bits per heavy atom. The molecule has 0 saturated carbocycles. The number of aromatic nitrogens is 3. The second-order valence-electron chi connectivity index (χ2n) is 5.37. The second-order valence-corrected chi connectivity index (χ2v) is 5.37. The molecule has 0 spiro atoms. The molecule has 27 heavy (non-hydrogen) atoms. The summed E-state index contributed by atoms with van der Waals surface area (Å²) in [5.41, 5.74) is 3.10. The van der Waals surface area contributed by atoms with Crippen molar-refractivity contribution in [1.29, 1.82) is 0 Å². The molecule has 2 N–H and O–H groups in total. The van der Waals surface area contributed by atoms with Crippen molar-refractivity contribution in [3.8, 4) is 11.5 Å². The average molecular weight is 370 g/mol. The number of methoxy groups -OCH3 is 1. The zero-order chi connectivity index (χ0) is 19.4. The molecule has 1 amide bonds. The van der Waals surface area contributed by atoms with E-state index in [4.69, 9.17) is 4.74 Å². The van der Waals surface area contributed by atoms with Crippen molar-refractivity contribution in [2.24, 2.45) is 5.10 Å². The first kappa shape index (κ1) is 17.8. The van der Waals surface area contributed by atoms with Crippen molar-refractivity contribution in [3.63, 3.8) is 0 Å². The summed E-state index contributed by atoms with van der Waals surface area (Å²) in [5.74, 6) is -0.902. The van der Waals surface area contributed by atoms with Crippen molar-refractivity contribution in [2.75, 3.05) is 7.11 Å². The Hall–Kier alpha value is -4.02. The minimum Gasteiger partial charge on any atom is -0.502 e. The van der Waals surface area contributed by atoms with Crippen LogP contribution in [0.1, 0.15) is 5.56 Å². The first-order valence-corrected chi connectivity index (χ1v) is 7.65. The van der Waals surface area contributed by atoms with Gasteiger partial charge in [-0.1, -0.05) is 17.3 Å². The minimum absolute atomic E-state index is 0.0209. The molecule has 0 saturated heterocycles. The molecule has 138 valence electrons. The highest BCUT2D eigenvalue weighted by Crippen LogP contribution is 2.33. The van der Waals surface area contributed by atoms with Crippen LogP contribution in [0.3, 0.4) is 0 Å². The van der Waals surface area contributed by atoms with E-state index >= 15 is 0 Å². The fourth-order valence-corrected chi connectivity index (χ4v) is 2.35. The van der Waals surface area contributed by atoms with Crippen LogP contribution in [0.2, 0.25) is 0 Å². The highest BCUT2D eigenvalue weighted by atomic mass is 16.6. The molecule has 0 aliphatic rings. The van der Waals surface area contributed by atoms with E-state index < -0.39 is 22.3 Å². The van der Waals surface area contributed by atoms with Crippen LogP contribution in [0.15, 0.2) is 41.5 Å². The van der Waals surface area contributed by atoms with Gasteiger partial charge in [0.2, 0.25) is 5.75 Å². The zero-order valence-electron chi connectivity index (χ0n) is 14.1. The summed E-state index contributed by atoms with van der Waals surface area (Å²) in [6.45, 7) is -0.123. The summed E-state index contributed by atoms with van der Waals surface area (Å²) in [7, 11) is 1.33. The number of aromatic hydroxyl groups is 1. The van der Waals surface area contributed by atoms with Gasteiger partial charge in [-0.05, 0) is 18.2 Å². The third-order valence-corrected chi connectivity index (χ3v) is 3.63. The number of fused-ring (bicyclic) bond motifs is 1. The van der Waals surface area contributed by atoms with Gasteiger partial charge in [0.05, 0.1) is 29.8 Å². The van der Waals surface area contributed by atoms with Gasteiger partial charge in [-0.2, -0.15) is 5.10 Å². The maximum Gasteiger partial charge on any atom is 0.315 e. The third-order valence-electron chi connectivity index (χ3n) is 3.63. The summed E-state index contributed by atoms with van der Waals surface area (Å²) in [5, 5.41) is 32.5. The quantitative estimate of drug-likeness (QED) is 0.377. The molecule has 0 unspecified atom stereocenters. The van der Waals surface area contributed by atoms with Gasteiger partial charge in [-0.15, -0.1) is 5.10 Å². The number of nitrogens with zero attached hydrogens (tertiary/aromatic N) is 5. The number of carbonyl (C=O) groups is 1. The van der Waals surface area contributed by atoms with Gasteiger partial charge in [-0.25, -0.2) is 10.1 Å². The van der Waals surface area contributed by atoms with Gasteiger partial charge in [0, 0.05) is 5.56 Å². The normalized spacial score (nSPS) is 11.0. The van der Waals surface area contributed by atoms with E-state index in [-0.39, 0.29) is 17.9 Å². The number of hydrogen-bond donors (Lipinski definition) is 2. The van der Waals surface area contributed by atoms with Crippen molar-refractivity contribution in [3.05, 3.63) is 52.1 Å². The highest BCUT2D eigenvalue weighted by molar-refractivity contribution is 5.88. The predicted molar refractivity (Wildman–Crippen MR) is 94.6 cm³/mol. The largest absolute Gasteiger partial charge is 0.502 e. The van der Waals surface area contributed by atoms with Gasteiger partial charge in [0.1, 0.15) is 17.8 Å². The predicted octanol–water partition coefficient (Wildman–Crippen LogP) is 1.20. The maximum absolute atomic E-state index is 12.0. The second kappa shape index (κ2) is 7.47. The Labute approximate surface area is 152 Å². The van der Waals surface area contributed by atoms with Crippen LogP contribution in [-0.4, -0.2) is 44.3 Å². The topological polar surface area (TPSA) is 145 Å². The van der Waals surface area contributed by atoms with E-state index in [1.54, 1.807) is 18.2 Å². The highest BCUT2D eigenvalue weighted by Gasteiger charge is 2.18. The number of nitro benzene ring substituents is 1. The lowest BCUT2D eigenvalue weighted by molar-refractivity contribution is -0.385. The van der Waals surface area contributed by atoms with Gasteiger partial charge in [0.15, 0.2) is 0 Å². The van der Waals surface area contributed by atoms with Crippen LogP contribution < -0.4 is 10.2 Å². The number of hydrogen-bond acceptors (Lipinski definition) is 8. The van der Waals surface area contributed by atoms with Crippen LogP contribution in [-0.2, 0) is 11.3 Å². The molecule has 0 bridgehead atoms. The molecule has 1 heterocycles. The molecule has 1 aromatic heterocycles. The number of rotatable bonds is 6. The molecule has 0 radical (unpaired) electrons. The van der Waals surface area contributed by atoms with Crippen LogP contribution in [0.5, 0.6) is 11.5 Å². The standard InChI is InChI=1S/C16H14N6O5/c1-27-11-6-10(16(24)14(7-11)22(25)26)8-17-19-15(23)9-21-13-5-3-2-4-12(13)18-20-21/h2-8,24H,9H2,1H3,(H,19,23)/b17-8+. The first-order chi connectivity index (χ1) is 13.0. The Morgan fingerprint density at radius 2 is 2.22 bits per heavy atom. The van der Waals surface area contributed by atoms with Crippen molar-refractivity contribution in [2.45, 2.75) is 6.54 Å². The number of nitro groups is 1. The Balaban J connectivity index is 1.72. The first-order valence-electron chi connectivity index (χ1n) is 7.65. The van der Waals surface area contributed by atoms with Gasteiger partial charge < -0.3 is 9.84 Å². The Morgan fingerprint density at radius 1 is 1.44 bits per heavy atom. The monoisotopic (exact) mass is 370 g/mol. The fraction of sp³-hybridized carbons (Fsp3) is 0.125. The summed E-state index contributed by atoms with van der Waals surface area (Å²) in [6.07, 6.45) is 1.09. The number of hydrazone groups is 1. The number of phenols is 1. The zero-order valence-corrected chi connectivity index (χ0v) is 14.1. The van der Waals surface area contributed by atoms with Crippen LogP contribution in [0.25, 0.3) is 11.0 Å². The van der Waals surface area contributed by atoms with E-state index in [1.807, 2.05) is 6.07 Å². The van der Waals surface area contributed by atoms with Gasteiger partial charge in [-0.3, -0.25) is 14.9 Å². The average Bonchev–Trinajstić information content (AvgIpc) is 3.06. The number of ether oxygens (including phenoxy) is 1. The Bertz CT molecular complexity index is 1040. The fourth-order valence-electron chi connectivity index (χ4n) is 2.35. The molecular weight excluding hydrogens is 356 g/mol. The number of para-hydroxylation sites is 1. The lowest BCUT2D eigenvalue weighted by atomic mass is 10.1. The lowest BCUT2D eigenvalue weighted by Gasteiger charge is -2.05. The van der Waals surface area contributed by atoms with Gasteiger partial charge in [0.25, 0.3) is 5.91 Å². The molecule has 2 aromatic carbocycles. The van der Waals surface area contributed by atoms with E-state index in [1.165, 1.54) is 17.9 Å².